The lowest BCUT2D eigenvalue weighted by atomic mass is 10.0. The molecule has 0 saturated carbocycles. The number of sulfonamides is 1. The van der Waals surface area contributed by atoms with Crippen LogP contribution in [0.1, 0.15) is 31.4 Å². The van der Waals surface area contributed by atoms with Gasteiger partial charge >= 0.3 is 0 Å². The van der Waals surface area contributed by atoms with Crippen molar-refractivity contribution in [1.29, 1.82) is 0 Å². The number of halogens is 1. The second kappa shape index (κ2) is 11.4. The molecule has 0 radical (unpaired) electrons. The van der Waals surface area contributed by atoms with E-state index in [0.29, 0.717) is 49.7 Å². The van der Waals surface area contributed by atoms with E-state index < -0.39 is 16.1 Å². The summed E-state index contributed by atoms with van der Waals surface area (Å²) in [5.41, 5.74) is 9.74. The molecule has 1 aliphatic rings. The van der Waals surface area contributed by atoms with Crippen LogP contribution in [-0.2, 0) is 27.8 Å². The first-order valence-corrected chi connectivity index (χ1v) is 14.9. The van der Waals surface area contributed by atoms with E-state index in [1.165, 1.54) is 10.6 Å². The van der Waals surface area contributed by atoms with Crippen LogP contribution >= 0.6 is 11.6 Å². The molecule has 10 heteroatoms. The van der Waals surface area contributed by atoms with Crippen LogP contribution in [0.5, 0.6) is 0 Å². The van der Waals surface area contributed by atoms with Crippen molar-refractivity contribution in [3.63, 3.8) is 0 Å². The van der Waals surface area contributed by atoms with Gasteiger partial charge in [-0.15, -0.1) is 0 Å². The molecule has 1 aromatic heterocycles. The van der Waals surface area contributed by atoms with Crippen LogP contribution in [0.15, 0.2) is 48.7 Å². The number of nitrogens with two attached hydrogens (primary N) is 1. The summed E-state index contributed by atoms with van der Waals surface area (Å²) in [5.74, 6) is -0.167. The lowest BCUT2D eigenvalue weighted by Gasteiger charge is -2.31. The van der Waals surface area contributed by atoms with Crippen molar-refractivity contribution < 1.29 is 13.2 Å². The molecule has 37 heavy (non-hydrogen) atoms. The van der Waals surface area contributed by atoms with E-state index in [-0.39, 0.29) is 18.5 Å². The Morgan fingerprint density at radius 3 is 2.59 bits per heavy atom. The van der Waals surface area contributed by atoms with Crippen LogP contribution in [0.3, 0.4) is 0 Å². The van der Waals surface area contributed by atoms with Gasteiger partial charge in [0, 0.05) is 60.9 Å². The molecule has 0 spiro atoms. The van der Waals surface area contributed by atoms with Crippen LogP contribution in [0.4, 0.5) is 5.69 Å². The van der Waals surface area contributed by atoms with Gasteiger partial charge in [-0.25, -0.2) is 8.42 Å². The van der Waals surface area contributed by atoms with Crippen molar-refractivity contribution >= 4 is 44.1 Å². The summed E-state index contributed by atoms with van der Waals surface area (Å²) in [7, 11) is -3.56. The highest BCUT2D eigenvalue weighted by Crippen LogP contribution is 2.29. The van der Waals surface area contributed by atoms with Gasteiger partial charge in [0.15, 0.2) is 0 Å². The molecule has 2 heterocycles. The minimum Gasteiger partial charge on any atom is -0.361 e. The molecule has 1 atom stereocenters. The third kappa shape index (κ3) is 6.46. The molecule has 2 aromatic carbocycles. The third-order valence-electron chi connectivity index (χ3n) is 7.02. The van der Waals surface area contributed by atoms with Gasteiger partial charge in [-0.05, 0) is 56.0 Å². The number of benzene rings is 2. The number of anilines is 1. The summed E-state index contributed by atoms with van der Waals surface area (Å²) in [6.45, 7) is 6.66. The van der Waals surface area contributed by atoms with Crippen molar-refractivity contribution in [1.82, 2.24) is 14.8 Å². The lowest BCUT2D eigenvalue weighted by Crippen LogP contribution is -2.48. The number of hydrogen-bond acceptors (Lipinski definition) is 5. The Morgan fingerprint density at radius 1 is 1.11 bits per heavy atom. The standard InChI is InChI=1S/C27H36ClN5O3S/c1-19(2)31-11-6-12-33(37(3,35)36)26-16-22(28)10-9-20(26)18-32(14-13-31)27(34)24(29)15-21-17-30-25-8-5-4-7-23(21)25/h4-5,7-10,16-17,19,24,30H,6,11-15,18,29H2,1-3H3/t24-/m1/s1. The molecule has 3 N–H and O–H groups in total. The first kappa shape index (κ1) is 27.4. The number of hydrogen-bond donors (Lipinski definition) is 2. The highest BCUT2D eigenvalue weighted by atomic mass is 35.5. The van der Waals surface area contributed by atoms with Crippen LogP contribution in [0, 0.1) is 0 Å². The van der Waals surface area contributed by atoms with Gasteiger partial charge in [-0.3, -0.25) is 14.0 Å². The molecule has 1 amide bonds. The number of carbonyl (C=O) groups excluding carboxylic acids is 1. The number of H-pyrrole nitrogens is 1. The zero-order chi connectivity index (χ0) is 26.7. The van der Waals surface area contributed by atoms with E-state index in [0.717, 1.165) is 22.0 Å². The van der Waals surface area contributed by atoms with Crippen molar-refractivity contribution in [2.45, 2.75) is 45.3 Å². The highest BCUT2D eigenvalue weighted by molar-refractivity contribution is 7.92. The number of nitrogens with zero attached hydrogens (tertiary/aromatic N) is 3. The van der Waals surface area contributed by atoms with E-state index in [2.05, 4.69) is 23.7 Å². The fraction of sp³-hybridized carbons (Fsp3) is 0.444. The Morgan fingerprint density at radius 2 is 1.86 bits per heavy atom. The van der Waals surface area contributed by atoms with E-state index in [1.807, 2.05) is 30.5 Å². The van der Waals surface area contributed by atoms with Gasteiger partial charge in [-0.2, -0.15) is 0 Å². The highest BCUT2D eigenvalue weighted by Gasteiger charge is 2.28. The number of aromatic nitrogens is 1. The van der Waals surface area contributed by atoms with Crippen LogP contribution in [-0.4, -0.2) is 73.6 Å². The summed E-state index contributed by atoms with van der Waals surface area (Å²) < 4.78 is 27.0. The van der Waals surface area contributed by atoms with Crippen LogP contribution in [0.25, 0.3) is 10.9 Å². The number of aromatic amines is 1. The number of rotatable bonds is 5. The molecule has 4 rings (SSSR count). The normalized spacial score (nSPS) is 17.0. The molecular weight excluding hydrogens is 510 g/mol. The maximum atomic E-state index is 13.8. The SMILES string of the molecule is CC(C)N1CCCN(S(C)(=O)=O)c2cc(Cl)ccc2CN(C(=O)[C@H](N)Cc2c[nH]c3ccccc23)CC1. The summed E-state index contributed by atoms with van der Waals surface area (Å²) >= 11 is 6.30. The fourth-order valence-corrected chi connectivity index (χ4v) is 6.15. The van der Waals surface area contributed by atoms with Gasteiger partial charge in [0.2, 0.25) is 15.9 Å². The molecule has 0 fully saturated rings. The first-order chi connectivity index (χ1) is 17.5. The number of nitrogens with one attached hydrogen (secondary N) is 1. The molecule has 0 unspecified atom stereocenters. The van der Waals surface area contributed by atoms with Crippen molar-refractivity contribution in [3.05, 3.63) is 64.8 Å². The molecule has 1 aliphatic heterocycles. The molecule has 8 nitrogen and oxygen atoms in total. The summed E-state index contributed by atoms with van der Waals surface area (Å²) in [5, 5.41) is 1.50. The maximum Gasteiger partial charge on any atom is 0.240 e. The average molecular weight is 546 g/mol. The zero-order valence-electron chi connectivity index (χ0n) is 21.7. The second-order valence-electron chi connectivity index (χ2n) is 10.0. The summed E-state index contributed by atoms with van der Waals surface area (Å²) in [6, 6.07) is 12.7. The van der Waals surface area contributed by atoms with Gasteiger partial charge in [0.25, 0.3) is 0 Å². The van der Waals surface area contributed by atoms with Crippen molar-refractivity contribution in [2.24, 2.45) is 5.73 Å². The molecule has 3 aromatic rings. The molecular formula is C27H36ClN5O3S. The Bertz CT molecular complexity index is 1360. The predicted molar refractivity (Wildman–Crippen MR) is 150 cm³/mol. The minimum absolute atomic E-state index is 0.167. The Kier molecular flexibility index (Phi) is 8.48. The topological polar surface area (TPSA) is 103 Å². The lowest BCUT2D eigenvalue weighted by molar-refractivity contribution is -0.133. The minimum atomic E-state index is -3.56. The van der Waals surface area contributed by atoms with Crippen LogP contribution in [0.2, 0.25) is 5.02 Å². The summed E-state index contributed by atoms with van der Waals surface area (Å²) in [4.78, 5) is 21.0. The Hall–Kier alpha value is -2.59. The van der Waals surface area contributed by atoms with Crippen molar-refractivity contribution in [3.8, 4) is 0 Å². The molecule has 0 aliphatic carbocycles. The Labute approximate surface area is 224 Å². The molecule has 0 bridgehead atoms. The predicted octanol–water partition coefficient (Wildman–Crippen LogP) is 3.60. The zero-order valence-corrected chi connectivity index (χ0v) is 23.2. The van der Waals surface area contributed by atoms with E-state index >= 15 is 0 Å². The van der Waals surface area contributed by atoms with Gasteiger partial charge in [0.05, 0.1) is 18.0 Å². The second-order valence-corrected chi connectivity index (χ2v) is 12.4. The largest absolute Gasteiger partial charge is 0.361 e. The molecule has 200 valence electrons. The number of amides is 1. The first-order valence-electron chi connectivity index (χ1n) is 12.6. The van der Waals surface area contributed by atoms with E-state index in [1.54, 1.807) is 23.1 Å². The quantitative estimate of drug-likeness (QED) is 0.510. The molecule has 0 saturated heterocycles. The van der Waals surface area contributed by atoms with Gasteiger partial charge in [-0.1, -0.05) is 35.9 Å². The van der Waals surface area contributed by atoms with Crippen molar-refractivity contribution in [2.75, 3.05) is 36.7 Å². The third-order valence-corrected chi connectivity index (χ3v) is 8.43. The smallest absolute Gasteiger partial charge is 0.240 e. The number of carbonyl (C=O) groups is 1. The number of fused-ring (bicyclic) bond motifs is 2. The van der Waals surface area contributed by atoms with Gasteiger partial charge in [0.1, 0.15) is 0 Å². The Balaban J connectivity index is 1.67. The summed E-state index contributed by atoms with van der Waals surface area (Å²) in [6.07, 6.45) is 4.17. The van der Waals surface area contributed by atoms with E-state index in [9.17, 15) is 13.2 Å². The van der Waals surface area contributed by atoms with E-state index in [4.69, 9.17) is 17.3 Å². The van der Waals surface area contributed by atoms with Gasteiger partial charge < -0.3 is 15.6 Å². The average Bonchev–Trinajstić information content (AvgIpc) is 3.23. The fourth-order valence-electron chi connectivity index (χ4n) is 4.99. The maximum absolute atomic E-state index is 13.8. The number of para-hydroxylation sites is 1. The van der Waals surface area contributed by atoms with Crippen LogP contribution < -0.4 is 10.0 Å². The monoisotopic (exact) mass is 545 g/mol.